The van der Waals surface area contributed by atoms with Gasteiger partial charge in [-0.05, 0) is 41.0 Å². The van der Waals surface area contributed by atoms with Crippen LogP contribution in [-0.2, 0) is 6.42 Å². The molecule has 0 saturated heterocycles. The lowest BCUT2D eigenvalue weighted by Gasteiger charge is -2.27. The lowest BCUT2D eigenvalue weighted by Crippen LogP contribution is -2.14. The van der Waals surface area contributed by atoms with Crippen molar-refractivity contribution in [3.63, 3.8) is 0 Å². The van der Waals surface area contributed by atoms with Gasteiger partial charge in [-0.25, -0.2) is 0 Å². The quantitative estimate of drug-likeness (QED) is 0.440. The van der Waals surface area contributed by atoms with E-state index >= 15 is 0 Å². The molecule has 0 spiro atoms. The summed E-state index contributed by atoms with van der Waals surface area (Å²) in [5.41, 5.74) is 1.55. The van der Waals surface area contributed by atoms with Crippen LogP contribution in [0.4, 0.5) is 0 Å². The smallest absolute Gasteiger partial charge is 0.0181 e. The molecule has 130 valence electrons. The van der Waals surface area contributed by atoms with Crippen molar-refractivity contribution in [3.05, 3.63) is 48.0 Å². The van der Waals surface area contributed by atoms with Crippen molar-refractivity contribution in [2.45, 2.75) is 77.6 Å². The fraction of sp³-hybridized carbons (Fsp3) is 0.583. The van der Waals surface area contributed by atoms with Crippen LogP contribution in [0.1, 0.15) is 76.7 Å². The molecule has 0 amide bonds. The van der Waals surface area contributed by atoms with E-state index in [9.17, 15) is 0 Å². The van der Waals surface area contributed by atoms with Crippen LogP contribution in [-0.4, -0.2) is 0 Å². The van der Waals surface area contributed by atoms with E-state index in [0.717, 1.165) is 11.8 Å². The lowest BCUT2D eigenvalue weighted by molar-refractivity contribution is 0.274. The molecule has 3 rings (SSSR count). The van der Waals surface area contributed by atoms with Crippen molar-refractivity contribution in [1.29, 1.82) is 0 Å². The molecule has 0 aliphatic heterocycles. The molecule has 1 fully saturated rings. The predicted molar refractivity (Wildman–Crippen MR) is 106 cm³/mol. The molecular weight excluding hydrogens is 288 g/mol. The first-order valence-corrected chi connectivity index (χ1v) is 10.3. The maximum Gasteiger partial charge on any atom is -0.0181 e. The number of hydrogen-bond donors (Lipinski definition) is 0. The van der Waals surface area contributed by atoms with Crippen LogP contribution in [0.25, 0.3) is 10.8 Å². The van der Waals surface area contributed by atoms with Gasteiger partial charge in [0.05, 0.1) is 0 Å². The van der Waals surface area contributed by atoms with Gasteiger partial charge in [0.1, 0.15) is 0 Å². The molecule has 0 N–H and O–H groups in total. The Labute approximate surface area is 148 Å². The fourth-order valence-corrected chi connectivity index (χ4v) is 4.58. The average molecular weight is 323 g/mol. The van der Waals surface area contributed by atoms with E-state index in [2.05, 4.69) is 49.4 Å². The van der Waals surface area contributed by atoms with Gasteiger partial charge >= 0.3 is 0 Å². The predicted octanol–water partition coefficient (Wildman–Crippen LogP) is 7.55. The summed E-state index contributed by atoms with van der Waals surface area (Å²) in [5, 5.41) is 2.77. The number of unbranched alkanes of at least 4 members (excludes halogenated alkanes) is 2. The molecule has 1 saturated carbocycles. The van der Waals surface area contributed by atoms with E-state index in [1.54, 1.807) is 5.56 Å². The summed E-state index contributed by atoms with van der Waals surface area (Å²) < 4.78 is 0. The zero-order valence-corrected chi connectivity index (χ0v) is 15.5. The molecule has 0 radical (unpaired) electrons. The maximum atomic E-state index is 2.43. The van der Waals surface area contributed by atoms with Gasteiger partial charge in [-0.3, -0.25) is 0 Å². The Kier molecular flexibility index (Phi) is 6.75. The van der Waals surface area contributed by atoms with Crippen molar-refractivity contribution >= 4 is 10.8 Å². The maximum absolute atomic E-state index is 2.43. The molecule has 2 aromatic carbocycles. The SMILES string of the molecule is CCCCCC(Cc1ccc2ccccc2c1)CC1CCCCC1. The Hall–Kier alpha value is -1.30. The van der Waals surface area contributed by atoms with Gasteiger partial charge < -0.3 is 0 Å². The van der Waals surface area contributed by atoms with Gasteiger partial charge in [-0.15, -0.1) is 0 Å². The van der Waals surface area contributed by atoms with Crippen molar-refractivity contribution in [1.82, 2.24) is 0 Å². The number of rotatable bonds is 8. The lowest BCUT2D eigenvalue weighted by atomic mass is 9.79. The van der Waals surface area contributed by atoms with Crippen LogP contribution in [0, 0.1) is 11.8 Å². The summed E-state index contributed by atoms with van der Waals surface area (Å²) in [6.45, 7) is 2.32. The van der Waals surface area contributed by atoms with Gasteiger partial charge in [0, 0.05) is 0 Å². The fourth-order valence-electron chi connectivity index (χ4n) is 4.58. The Morgan fingerprint density at radius 3 is 2.50 bits per heavy atom. The van der Waals surface area contributed by atoms with Gasteiger partial charge in [0.2, 0.25) is 0 Å². The average Bonchev–Trinajstić information content (AvgIpc) is 2.62. The standard InChI is InChI=1S/C24H34/c1-2-3-5-12-21(17-20-10-6-4-7-11-20)18-22-15-16-23-13-8-9-14-24(23)19-22/h8-9,13-16,19-21H,2-7,10-12,17-18H2,1H3. The van der Waals surface area contributed by atoms with E-state index < -0.39 is 0 Å². The monoisotopic (exact) mass is 322 g/mol. The molecule has 1 aliphatic carbocycles. The van der Waals surface area contributed by atoms with Crippen LogP contribution in [0.15, 0.2) is 42.5 Å². The zero-order chi connectivity index (χ0) is 16.6. The summed E-state index contributed by atoms with van der Waals surface area (Å²) in [7, 11) is 0. The van der Waals surface area contributed by atoms with E-state index in [1.807, 2.05) is 0 Å². The zero-order valence-electron chi connectivity index (χ0n) is 15.5. The van der Waals surface area contributed by atoms with Crippen LogP contribution in [0.3, 0.4) is 0 Å². The minimum atomic E-state index is 0.890. The van der Waals surface area contributed by atoms with E-state index in [4.69, 9.17) is 0 Å². The summed E-state index contributed by atoms with van der Waals surface area (Å²) in [5.74, 6) is 1.90. The molecule has 0 nitrogen and oxygen atoms in total. The molecule has 0 heteroatoms. The Bertz CT molecular complexity index is 606. The minimum absolute atomic E-state index is 0.890. The van der Waals surface area contributed by atoms with Crippen LogP contribution in [0.2, 0.25) is 0 Å². The third-order valence-electron chi connectivity index (χ3n) is 5.95. The van der Waals surface area contributed by atoms with E-state index in [0.29, 0.717) is 0 Å². The highest BCUT2D eigenvalue weighted by atomic mass is 14.2. The topological polar surface area (TPSA) is 0 Å². The normalized spacial score (nSPS) is 17.2. The molecule has 1 aliphatic rings. The number of fused-ring (bicyclic) bond motifs is 1. The first-order valence-electron chi connectivity index (χ1n) is 10.3. The summed E-state index contributed by atoms with van der Waals surface area (Å²) >= 11 is 0. The largest absolute Gasteiger partial charge is 0.0654 e. The molecule has 2 aromatic rings. The third kappa shape index (κ3) is 5.10. The van der Waals surface area contributed by atoms with Crippen molar-refractivity contribution < 1.29 is 0 Å². The second-order valence-corrected chi connectivity index (χ2v) is 7.99. The minimum Gasteiger partial charge on any atom is -0.0654 e. The van der Waals surface area contributed by atoms with E-state index in [1.165, 1.54) is 81.4 Å². The number of hydrogen-bond acceptors (Lipinski definition) is 0. The Morgan fingerprint density at radius 1 is 0.917 bits per heavy atom. The molecule has 0 aromatic heterocycles. The van der Waals surface area contributed by atoms with Crippen molar-refractivity contribution in [2.24, 2.45) is 11.8 Å². The molecular formula is C24H34. The Balaban J connectivity index is 1.65. The van der Waals surface area contributed by atoms with Gasteiger partial charge in [-0.1, -0.05) is 107 Å². The number of benzene rings is 2. The third-order valence-corrected chi connectivity index (χ3v) is 5.95. The van der Waals surface area contributed by atoms with Crippen LogP contribution < -0.4 is 0 Å². The molecule has 1 atom stereocenters. The highest BCUT2D eigenvalue weighted by Gasteiger charge is 2.19. The summed E-state index contributed by atoms with van der Waals surface area (Å²) in [6.07, 6.45) is 15.7. The van der Waals surface area contributed by atoms with Gasteiger partial charge in [-0.2, -0.15) is 0 Å². The summed E-state index contributed by atoms with van der Waals surface area (Å²) in [4.78, 5) is 0. The van der Waals surface area contributed by atoms with Crippen molar-refractivity contribution in [3.8, 4) is 0 Å². The molecule has 0 heterocycles. The summed E-state index contributed by atoms with van der Waals surface area (Å²) in [6, 6.07) is 15.9. The van der Waals surface area contributed by atoms with E-state index in [-0.39, 0.29) is 0 Å². The second kappa shape index (κ2) is 9.25. The van der Waals surface area contributed by atoms with Crippen molar-refractivity contribution in [2.75, 3.05) is 0 Å². The molecule has 1 unspecified atom stereocenters. The van der Waals surface area contributed by atoms with Gasteiger partial charge in [0.25, 0.3) is 0 Å². The molecule has 24 heavy (non-hydrogen) atoms. The van der Waals surface area contributed by atoms with Gasteiger partial charge in [0.15, 0.2) is 0 Å². The molecule has 0 bridgehead atoms. The highest BCUT2D eigenvalue weighted by Crippen LogP contribution is 2.32. The first kappa shape index (κ1) is 17.5. The highest BCUT2D eigenvalue weighted by molar-refractivity contribution is 5.82. The second-order valence-electron chi connectivity index (χ2n) is 7.99. The Morgan fingerprint density at radius 2 is 1.71 bits per heavy atom. The van der Waals surface area contributed by atoms with Crippen LogP contribution >= 0.6 is 0 Å². The van der Waals surface area contributed by atoms with Crippen LogP contribution in [0.5, 0.6) is 0 Å². The first-order chi connectivity index (χ1) is 11.8.